The molecule has 2 bridgehead atoms. The van der Waals surface area contributed by atoms with Crippen LogP contribution in [0, 0.1) is 11.8 Å². The van der Waals surface area contributed by atoms with Crippen molar-refractivity contribution < 1.29 is 14.6 Å². The fraction of sp³-hybridized carbons (Fsp3) is 0.406. The maximum Gasteiger partial charge on any atom is 0.347 e. The van der Waals surface area contributed by atoms with E-state index in [1.54, 1.807) is 24.3 Å². The fourth-order valence-corrected chi connectivity index (χ4v) is 6.39. The second-order valence-corrected chi connectivity index (χ2v) is 10.5. The lowest BCUT2D eigenvalue weighted by Gasteiger charge is -2.32. The van der Waals surface area contributed by atoms with Gasteiger partial charge in [-0.3, -0.25) is 0 Å². The molecule has 3 aromatic rings. The third-order valence-electron chi connectivity index (χ3n) is 8.35. The highest BCUT2D eigenvalue weighted by molar-refractivity contribution is 5.85. The summed E-state index contributed by atoms with van der Waals surface area (Å²) in [7, 11) is 2.22. The number of fused-ring (bicyclic) bond motifs is 2. The number of hydrogen-bond acceptors (Lipinski definition) is 4. The molecule has 2 saturated carbocycles. The number of aliphatic hydroxyl groups is 1. The van der Waals surface area contributed by atoms with Gasteiger partial charge in [0.05, 0.1) is 0 Å². The molecule has 0 aromatic heterocycles. The Morgan fingerprint density at radius 2 is 1.47 bits per heavy atom. The first-order valence-electron chi connectivity index (χ1n) is 13.4. The molecule has 3 aromatic carbocycles. The van der Waals surface area contributed by atoms with Crippen LogP contribution in [0.15, 0.2) is 91.0 Å². The molecular formula is C32H37NO3. The molecule has 1 N–H and O–H groups in total. The highest BCUT2D eigenvalue weighted by atomic mass is 16.6. The summed E-state index contributed by atoms with van der Waals surface area (Å²) in [6.07, 6.45) is 6.55. The number of carbonyl (C=O) groups is 1. The van der Waals surface area contributed by atoms with E-state index < -0.39 is 11.6 Å². The van der Waals surface area contributed by atoms with Gasteiger partial charge >= 0.3 is 5.97 Å². The molecule has 4 atom stereocenters. The number of nitrogens with zero attached hydrogens (tertiary/aromatic N) is 1. The van der Waals surface area contributed by atoms with E-state index in [0.717, 1.165) is 38.6 Å². The van der Waals surface area contributed by atoms with Crippen molar-refractivity contribution >= 4 is 5.97 Å². The van der Waals surface area contributed by atoms with Crippen LogP contribution in [0.2, 0.25) is 0 Å². The van der Waals surface area contributed by atoms with Gasteiger partial charge in [-0.2, -0.15) is 0 Å². The highest BCUT2D eigenvalue weighted by Crippen LogP contribution is 2.49. The molecule has 4 heteroatoms. The molecule has 36 heavy (non-hydrogen) atoms. The van der Waals surface area contributed by atoms with E-state index >= 15 is 0 Å². The monoisotopic (exact) mass is 483 g/mol. The predicted molar refractivity (Wildman–Crippen MR) is 142 cm³/mol. The molecule has 2 aliphatic carbocycles. The summed E-state index contributed by atoms with van der Waals surface area (Å²) < 4.78 is 6.22. The molecule has 4 unspecified atom stereocenters. The van der Waals surface area contributed by atoms with Crippen LogP contribution >= 0.6 is 0 Å². The van der Waals surface area contributed by atoms with E-state index in [9.17, 15) is 9.90 Å². The Morgan fingerprint density at radius 1 is 0.889 bits per heavy atom. The molecule has 188 valence electrons. The Balaban J connectivity index is 1.23. The quantitative estimate of drug-likeness (QED) is 0.302. The zero-order valence-corrected chi connectivity index (χ0v) is 21.1. The lowest BCUT2D eigenvalue weighted by atomic mass is 9.86. The number of benzene rings is 3. The maximum absolute atomic E-state index is 13.7. The topological polar surface area (TPSA) is 49.8 Å². The number of carbonyl (C=O) groups excluding carboxylic acids is 1. The van der Waals surface area contributed by atoms with Crippen LogP contribution < -0.4 is 0 Å². The van der Waals surface area contributed by atoms with Crippen molar-refractivity contribution in [1.29, 1.82) is 0 Å². The first-order valence-corrected chi connectivity index (χ1v) is 13.4. The van der Waals surface area contributed by atoms with E-state index in [2.05, 4.69) is 42.3 Å². The summed E-state index contributed by atoms with van der Waals surface area (Å²) in [5.74, 6) is 0.133. The van der Waals surface area contributed by atoms with Crippen LogP contribution in [-0.2, 0) is 21.6 Å². The van der Waals surface area contributed by atoms with E-state index in [-0.39, 0.29) is 6.10 Å². The third kappa shape index (κ3) is 4.98. The minimum absolute atomic E-state index is 0.131. The van der Waals surface area contributed by atoms with Crippen molar-refractivity contribution in [3.8, 4) is 0 Å². The van der Waals surface area contributed by atoms with E-state index in [0.29, 0.717) is 29.0 Å². The molecule has 2 aliphatic rings. The predicted octanol–water partition coefficient (Wildman–Crippen LogP) is 5.59. The second kappa shape index (κ2) is 11.0. The summed E-state index contributed by atoms with van der Waals surface area (Å²) in [6.45, 7) is 1.05. The third-order valence-corrected chi connectivity index (χ3v) is 8.35. The summed E-state index contributed by atoms with van der Waals surface area (Å²) in [5, 5.41) is 11.8. The summed E-state index contributed by atoms with van der Waals surface area (Å²) in [4.78, 5) is 16.2. The Morgan fingerprint density at radius 3 is 2.08 bits per heavy atom. The molecule has 0 saturated heterocycles. The Bertz CT molecular complexity index is 1080. The average Bonchev–Trinajstić information content (AvgIpc) is 3.48. The number of hydrogen-bond donors (Lipinski definition) is 1. The van der Waals surface area contributed by atoms with Crippen LogP contribution in [0.3, 0.4) is 0 Å². The smallest absolute Gasteiger partial charge is 0.347 e. The highest BCUT2D eigenvalue weighted by Gasteiger charge is 2.53. The number of unbranched alkanes of at least 4 members (excludes halogenated alkanes) is 1. The van der Waals surface area contributed by atoms with Gasteiger partial charge in [-0.15, -0.1) is 0 Å². The zero-order chi connectivity index (χ0) is 25.0. The first kappa shape index (κ1) is 24.7. The van der Waals surface area contributed by atoms with E-state index in [1.165, 1.54) is 12.0 Å². The largest absolute Gasteiger partial charge is 0.459 e. The summed E-state index contributed by atoms with van der Waals surface area (Å²) >= 11 is 0. The number of aryl methyl sites for hydroxylation is 1. The van der Waals surface area contributed by atoms with Crippen LogP contribution in [0.25, 0.3) is 0 Å². The van der Waals surface area contributed by atoms with Crippen LogP contribution in [0.1, 0.15) is 48.8 Å². The molecule has 0 amide bonds. The summed E-state index contributed by atoms with van der Waals surface area (Å²) in [5.41, 5.74) is 0.664. The Labute approximate surface area is 214 Å². The maximum atomic E-state index is 13.7. The fourth-order valence-electron chi connectivity index (χ4n) is 6.39. The van der Waals surface area contributed by atoms with E-state index in [1.807, 2.05) is 36.4 Å². The van der Waals surface area contributed by atoms with Gasteiger partial charge in [-0.1, -0.05) is 91.0 Å². The van der Waals surface area contributed by atoms with Gasteiger partial charge in [0.1, 0.15) is 6.10 Å². The molecule has 4 nitrogen and oxygen atoms in total. The van der Waals surface area contributed by atoms with Gasteiger partial charge in [-0.25, -0.2) is 4.79 Å². The van der Waals surface area contributed by atoms with Crippen molar-refractivity contribution in [3.05, 3.63) is 108 Å². The van der Waals surface area contributed by atoms with Gasteiger partial charge in [0.25, 0.3) is 0 Å². The lowest BCUT2D eigenvalue weighted by molar-refractivity contribution is -0.170. The molecular weight excluding hydrogens is 446 g/mol. The lowest BCUT2D eigenvalue weighted by Crippen LogP contribution is -2.42. The van der Waals surface area contributed by atoms with Crippen molar-refractivity contribution in [2.24, 2.45) is 11.8 Å². The van der Waals surface area contributed by atoms with Crippen molar-refractivity contribution in [1.82, 2.24) is 4.90 Å². The number of rotatable bonds is 10. The summed E-state index contributed by atoms with van der Waals surface area (Å²) in [6, 6.07) is 29.4. The Hall–Kier alpha value is -2.95. The molecule has 0 aliphatic heterocycles. The van der Waals surface area contributed by atoms with Gasteiger partial charge in [0, 0.05) is 12.0 Å². The minimum Gasteiger partial charge on any atom is -0.459 e. The minimum atomic E-state index is -1.82. The van der Waals surface area contributed by atoms with Crippen LogP contribution in [0.4, 0.5) is 0 Å². The van der Waals surface area contributed by atoms with Crippen LogP contribution in [-0.4, -0.2) is 41.7 Å². The normalized spacial score (nSPS) is 23.2. The molecule has 0 heterocycles. The van der Waals surface area contributed by atoms with Gasteiger partial charge in [0.2, 0.25) is 5.60 Å². The SMILES string of the molecule is CN(CCCCc1ccccc1)C1CC2CCC1C2OC(=O)C(O)(c1ccccc1)c1ccccc1. The van der Waals surface area contributed by atoms with Crippen molar-refractivity contribution in [3.63, 3.8) is 0 Å². The van der Waals surface area contributed by atoms with Gasteiger partial charge in [-0.05, 0) is 74.7 Å². The van der Waals surface area contributed by atoms with Gasteiger partial charge < -0.3 is 14.7 Å². The number of esters is 1. The molecule has 0 radical (unpaired) electrons. The van der Waals surface area contributed by atoms with Crippen molar-refractivity contribution in [2.45, 2.75) is 56.3 Å². The van der Waals surface area contributed by atoms with Gasteiger partial charge in [0.15, 0.2) is 0 Å². The zero-order valence-electron chi connectivity index (χ0n) is 21.1. The molecule has 0 spiro atoms. The Kier molecular flexibility index (Phi) is 7.54. The van der Waals surface area contributed by atoms with Crippen LogP contribution in [0.5, 0.6) is 0 Å². The number of ether oxygens (including phenoxy) is 1. The standard InChI is InChI=1S/C32H37NO3/c1-33(22-12-11-15-24-13-5-2-6-14-24)29-23-25-20-21-28(29)30(25)36-31(34)32(35,26-16-7-3-8-17-26)27-18-9-4-10-19-27/h2-10,13-14,16-19,25,28-30,35H,11-12,15,20-23H2,1H3. The average molecular weight is 484 g/mol. The second-order valence-electron chi connectivity index (χ2n) is 10.5. The molecule has 5 rings (SSSR count). The first-order chi connectivity index (χ1) is 17.6. The molecule has 2 fully saturated rings. The van der Waals surface area contributed by atoms with Crippen molar-refractivity contribution in [2.75, 3.05) is 13.6 Å². The van der Waals surface area contributed by atoms with E-state index in [4.69, 9.17) is 4.74 Å².